The molecule has 2 rings (SSSR count). The van der Waals surface area contributed by atoms with Gasteiger partial charge < -0.3 is 9.64 Å². The zero-order chi connectivity index (χ0) is 20.8. The number of nitrogens with zero attached hydrogens (tertiary/aromatic N) is 3. The van der Waals surface area contributed by atoms with Crippen LogP contribution in [0.5, 0.6) is 0 Å². The molecule has 1 aromatic carbocycles. The molecule has 0 radical (unpaired) electrons. The van der Waals surface area contributed by atoms with Crippen molar-refractivity contribution in [3.63, 3.8) is 0 Å². The van der Waals surface area contributed by atoms with Crippen molar-refractivity contribution in [2.45, 2.75) is 47.2 Å². The smallest absolute Gasteiger partial charge is 0.310 e. The van der Waals surface area contributed by atoms with Crippen molar-refractivity contribution in [1.29, 1.82) is 0 Å². The summed E-state index contributed by atoms with van der Waals surface area (Å²) in [6, 6.07) is 5.92. The van der Waals surface area contributed by atoms with Crippen molar-refractivity contribution in [2.75, 3.05) is 13.7 Å². The van der Waals surface area contributed by atoms with Crippen LogP contribution >= 0.6 is 0 Å². The monoisotopic (exact) mass is 389 g/mol. The first-order chi connectivity index (χ1) is 13.2. The Morgan fingerprint density at radius 3 is 2.46 bits per heavy atom. The number of esters is 1. The Bertz CT molecular complexity index is 828. The summed E-state index contributed by atoms with van der Waals surface area (Å²) in [6.45, 7) is 8.80. The second-order valence-electron chi connectivity index (χ2n) is 7.44. The summed E-state index contributed by atoms with van der Waals surface area (Å²) in [5.41, 5.74) is 3.39. The number of carbonyl (C=O) groups excluding carboxylic acids is 2. The highest BCUT2D eigenvalue weighted by Crippen LogP contribution is 2.16. The van der Waals surface area contributed by atoms with Gasteiger partial charge in [-0.15, -0.1) is 0 Å². The number of rotatable bonds is 8. The second kappa shape index (κ2) is 9.48. The predicted molar refractivity (Wildman–Crippen MR) is 104 cm³/mol. The minimum absolute atomic E-state index is 0.0880. The van der Waals surface area contributed by atoms with E-state index in [4.69, 9.17) is 4.74 Å². The van der Waals surface area contributed by atoms with Crippen LogP contribution in [0.4, 0.5) is 4.39 Å². The minimum atomic E-state index is -0.459. The molecule has 28 heavy (non-hydrogen) atoms. The van der Waals surface area contributed by atoms with Gasteiger partial charge in [-0.05, 0) is 37.5 Å². The van der Waals surface area contributed by atoms with E-state index in [1.807, 2.05) is 18.5 Å². The third kappa shape index (κ3) is 5.90. The maximum Gasteiger partial charge on any atom is 0.310 e. The van der Waals surface area contributed by atoms with Crippen molar-refractivity contribution in [3.05, 3.63) is 52.6 Å². The van der Waals surface area contributed by atoms with Crippen LogP contribution in [0.2, 0.25) is 0 Å². The number of amides is 1. The van der Waals surface area contributed by atoms with Crippen molar-refractivity contribution < 1.29 is 18.7 Å². The summed E-state index contributed by atoms with van der Waals surface area (Å²) in [4.78, 5) is 25.8. The van der Waals surface area contributed by atoms with Gasteiger partial charge in [-0.1, -0.05) is 26.0 Å². The highest BCUT2D eigenvalue weighted by Gasteiger charge is 2.18. The molecule has 1 heterocycles. The zero-order valence-corrected chi connectivity index (χ0v) is 17.2. The average molecular weight is 389 g/mol. The van der Waals surface area contributed by atoms with Crippen LogP contribution in [0, 0.1) is 25.6 Å². The molecule has 2 aromatic rings. The maximum atomic E-state index is 12.9. The van der Waals surface area contributed by atoms with Crippen molar-refractivity contribution >= 4 is 11.9 Å². The number of ether oxygens (including phenoxy) is 1. The number of hydrogen-bond donors (Lipinski definition) is 0. The molecule has 0 bridgehead atoms. The molecule has 0 spiro atoms. The number of hydrogen-bond acceptors (Lipinski definition) is 4. The van der Waals surface area contributed by atoms with Crippen LogP contribution in [0.25, 0.3) is 0 Å². The molecule has 0 aliphatic carbocycles. The highest BCUT2D eigenvalue weighted by molar-refractivity contribution is 5.81. The quantitative estimate of drug-likeness (QED) is 0.651. The molecule has 6 nitrogen and oxygen atoms in total. The molecule has 0 unspecified atom stereocenters. The Morgan fingerprint density at radius 2 is 1.86 bits per heavy atom. The number of benzene rings is 1. The Morgan fingerprint density at radius 1 is 1.21 bits per heavy atom. The normalized spacial score (nSPS) is 11.0. The minimum Gasteiger partial charge on any atom is -0.455 e. The molecule has 0 aliphatic rings. The van der Waals surface area contributed by atoms with Gasteiger partial charge in [0.1, 0.15) is 5.82 Å². The predicted octanol–water partition coefficient (Wildman–Crippen LogP) is 3.04. The van der Waals surface area contributed by atoms with Crippen LogP contribution in [0.15, 0.2) is 24.3 Å². The first kappa shape index (κ1) is 21.6. The molecular weight excluding hydrogens is 361 g/mol. The number of aromatic nitrogens is 2. The zero-order valence-electron chi connectivity index (χ0n) is 17.2. The van der Waals surface area contributed by atoms with E-state index in [-0.39, 0.29) is 24.8 Å². The first-order valence-electron chi connectivity index (χ1n) is 9.34. The first-order valence-corrected chi connectivity index (χ1v) is 9.34. The molecule has 1 amide bonds. The number of aryl methyl sites for hydroxylation is 1. The van der Waals surface area contributed by atoms with E-state index in [2.05, 4.69) is 18.9 Å². The lowest BCUT2D eigenvalue weighted by Gasteiger charge is -2.17. The Balaban J connectivity index is 1.87. The van der Waals surface area contributed by atoms with Crippen molar-refractivity contribution in [2.24, 2.45) is 5.92 Å². The molecule has 7 heteroatoms. The lowest BCUT2D eigenvalue weighted by atomic mass is 10.1. The van der Waals surface area contributed by atoms with Crippen LogP contribution in [-0.4, -0.2) is 40.2 Å². The van der Waals surface area contributed by atoms with Gasteiger partial charge in [0.25, 0.3) is 5.91 Å². The van der Waals surface area contributed by atoms with Crippen molar-refractivity contribution in [3.8, 4) is 0 Å². The Kier molecular flexibility index (Phi) is 7.31. The number of likely N-dealkylation sites (N-methyl/N-ethyl adjacent to an activating group) is 1. The van der Waals surface area contributed by atoms with Crippen LogP contribution in [0.1, 0.15) is 36.4 Å². The van der Waals surface area contributed by atoms with E-state index in [1.165, 1.54) is 17.0 Å². The molecular formula is C21H28FN3O3. The summed E-state index contributed by atoms with van der Waals surface area (Å²) in [6.07, 6.45) is 0.0880. The Hall–Kier alpha value is -2.70. The van der Waals surface area contributed by atoms with Crippen molar-refractivity contribution in [1.82, 2.24) is 14.7 Å². The second-order valence-corrected chi connectivity index (χ2v) is 7.44. The molecule has 0 N–H and O–H groups in total. The average Bonchev–Trinajstić information content (AvgIpc) is 2.88. The molecule has 0 atom stereocenters. The third-order valence-electron chi connectivity index (χ3n) is 4.51. The van der Waals surface area contributed by atoms with E-state index >= 15 is 0 Å². The van der Waals surface area contributed by atoms with Crippen LogP contribution in [0.3, 0.4) is 0 Å². The van der Waals surface area contributed by atoms with Gasteiger partial charge in [0.2, 0.25) is 0 Å². The van der Waals surface area contributed by atoms with E-state index in [0.717, 1.165) is 29.1 Å². The van der Waals surface area contributed by atoms with Crippen LogP contribution in [-0.2, 0) is 33.8 Å². The van der Waals surface area contributed by atoms with Gasteiger partial charge in [0.15, 0.2) is 6.61 Å². The summed E-state index contributed by atoms with van der Waals surface area (Å²) in [5, 5.41) is 4.49. The van der Waals surface area contributed by atoms with E-state index in [1.54, 1.807) is 19.2 Å². The van der Waals surface area contributed by atoms with E-state index in [0.29, 0.717) is 12.5 Å². The molecule has 152 valence electrons. The molecule has 0 fully saturated rings. The van der Waals surface area contributed by atoms with E-state index in [9.17, 15) is 14.0 Å². The molecule has 0 aliphatic heterocycles. The Labute approximate surface area is 165 Å². The lowest BCUT2D eigenvalue weighted by molar-refractivity contribution is -0.151. The lowest BCUT2D eigenvalue weighted by Crippen LogP contribution is -2.31. The largest absolute Gasteiger partial charge is 0.455 e. The maximum absolute atomic E-state index is 12.9. The van der Waals surface area contributed by atoms with E-state index < -0.39 is 5.97 Å². The van der Waals surface area contributed by atoms with Gasteiger partial charge in [0, 0.05) is 31.4 Å². The van der Waals surface area contributed by atoms with Gasteiger partial charge in [-0.25, -0.2) is 4.39 Å². The standard InChI is InChI=1S/C21H28FN3O3/c1-14(2)11-25-16(4)19(15(3)23-25)10-21(27)28-13-20(26)24(5)12-17-6-8-18(22)9-7-17/h6-9,14H,10-13H2,1-5H3. The fourth-order valence-electron chi connectivity index (χ4n) is 2.91. The number of halogens is 1. The summed E-state index contributed by atoms with van der Waals surface area (Å²) < 4.78 is 20.0. The molecule has 0 saturated carbocycles. The van der Waals surface area contributed by atoms with Gasteiger partial charge in [0.05, 0.1) is 12.1 Å². The topological polar surface area (TPSA) is 64.4 Å². The fourth-order valence-corrected chi connectivity index (χ4v) is 2.91. The molecule has 1 aromatic heterocycles. The highest BCUT2D eigenvalue weighted by atomic mass is 19.1. The summed E-state index contributed by atoms with van der Waals surface area (Å²) in [7, 11) is 1.61. The summed E-state index contributed by atoms with van der Waals surface area (Å²) in [5.74, 6) is -0.651. The third-order valence-corrected chi connectivity index (χ3v) is 4.51. The summed E-state index contributed by atoms with van der Waals surface area (Å²) >= 11 is 0. The SMILES string of the molecule is Cc1nn(CC(C)C)c(C)c1CC(=O)OCC(=O)N(C)Cc1ccc(F)cc1. The van der Waals surface area contributed by atoms with Gasteiger partial charge in [-0.3, -0.25) is 14.3 Å². The fraction of sp³-hybridized carbons (Fsp3) is 0.476. The van der Waals surface area contributed by atoms with Crippen LogP contribution < -0.4 is 0 Å². The number of carbonyl (C=O) groups is 2. The van der Waals surface area contributed by atoms with Gasteiger partial charge in [-0.2, -0.15) is 5.10 Å². The van der Waals surface area contributed by atoms with Gasteiger partial charge >= 0.3 is 5.97 Å². The molecule has 0 saturated heterocycles.